The van der Waals surface area contributed by atoms with Crippen molar-refractivity contribution in [3.63, 3.8) is 0 Å². The third kappa shape index (κ3) is 3.29. The molecule has 3 atom stereocenters. The number of carbonyl (C=O) groups is 1. The molecule has 0 saturated carbocycles. The first kappa shape index (κ1) is 19.3. The van der Waals surface area contributed by atoms with Crippen LogP contribution in [0.5, 0.6) is 0 Å². The van der Waals surface area contributed by atoms with E-state index in [9.17, 15) is 4.79 Å². The molecule has 1 aromatic carbocycles. The van der Waals surface area contributed by atoms with Gasteiger partial charge in [-0.1, -0.05) is 19.1 Å². The summed E-state index contributed by atoms with van der Waals surface area (Å²) in [5, 5.41) is 4.62. The predicted octanol–water partition coefficient (Wildman–Crippen LogP) is 3.08. The number of fused-ring (bicyclic) bond motifs is 2. The van der Waals surface area contributed by atoms with Gasteiger partial charge in [0.2, 0.25) is 0 Å². The number of methoxy groups -OCH3 is 1. The maximum atomic E-state index is 12.3. The van der Waals surface area contributed by atoms with Crippen molar-refractivity contribution >= 4 is 16.9 Å². The van der Waals surface area contributed by atoms with Crippen molar-refractivity contribution < 1.29 is 9.53 Å². The second-order valence-electron chi connectivity index (χ2n) is 8.43. The number of H-pyrrole nitrogens is 1. The largest absolute Gasteiger partial charge is 0.378 e. The number of benzene rings is 1. The van der Waals surface area contributed by atoms with E-state index in [0.717, 1.165) is 32.4 Å². The molecule has 1 aliphatic heterocycles. The lowest BCUT2D eigenvalue weighted by Gasteiger charge is -2.47. The second-order valence-corrected chi connectivity index (χ2v) is 8.43. The molecular formula is C22H32N4O2. The highest BCUT2D eigenvalue weighted by Gasteiger charge is 2.41. The van der Waals surface area contributed by atoms with E-state index in [1.54, 1.807) is 26.1 Å². The number of nitrogens with one attached hydrogen (secondary N) is 2. The summed E-state index contributed by atoms with van der Waals surface area (Å²) < 4.78 is 5.46. The molecule has 0 radical (unpaired) electrons. The summed E-state index contributed by atoms with van der Waals surface area (Å²) in [6, 6.07) is 7.27. The summed E-state index contributed by atoms with van der Waals surface area (Å²) in [4.78, 5) is 20.1. The van der Waals surface area contributed by atoms with E-state index in [1.807, 2.05) is 0 Å². The molecule has 28 heavy (non-hydrogen) atoms. The summed E-state index contributed by atoms with van der Waals surface area (Å²) >= 11 is 0. The van der Waals surface area contributed by atoms with Gasteiger partial charge >= 0.3 is 6.03 Å². The Hall–Kier alpha value is -2.05. The number of likely N-dealkylation sites (tertiary alicyclic amines) is 1. The van der Waals surface area contributed by atoms with E-state index in [0.29, 0.717) is 18.6 Å². The van der Waals surface area contributed by atoms with Gasteiger partial charge < -0.3 is 19.9 Å². The zero-order chi connectivity index (χ0) is 19.8. The lowest BCUT2D eigenvalue weighted by Crippen LogP contribution is -2.57. The number of nitrogens with zero attached hydrogens (tertiary/aromatic N) is 2. The van der Waals surface area contributed by atoms with Gasteiger partial charge in [0.05, 0.1) is 6.61 Å². The number of ether oxygens (including phenoxy) is 1. The number of aromatic nitrogens is 1. The molecular weight excluding hydrogens is 352 g/mol. The molecule has 2 heterocycles. The molecule has 1 fully saturated rings. The lowest BCUT2D eigenvalue weighted by molar-refractivity contribution is 0.0983. The SMILES string of the molecule is CCCN1C[C@@H](NC(=O)N(C)C)C[C@@H]2c3cccc4[nH]c(COC)c(c34)C[C@H]21. The smallest absolute Gasteiger partial charge is 0.317 e. The number of rotatable bonds is 5. The summed E-state index contributed by atoms with van der Waals surface area (Å²) in [7, 11) is 5.36. The van der Waals surface area contributed by atoms with Gasteiger partial charge in [-0.15, -0.1) is 0 Å². The number of aromatic amines is 1. The Morgan fingerprint density at radius 3 is 2.93 bits per heavy atom. The van der Waals surface area contributed by atoms with Crippen LogP contribution in [0.15, 0.2) is 18.2 Å². The average Bonchev–Trinajstić information content (AvgIpc) is 3.02. The quantitative estimate of drug-likeness (QED) is 0.833. The summed E-state index contributed by atoms with van der Waals surface area (Å²) in [5.41, 5.74) is 5.26. The normalized spacial score (nSPS) is 24.2. The van der Waals surface area contributed by atoms with Crippen molar-refractivity contribution in [1.82, 2.24) is 20.1 Å². The van der Waals surface area contributed by atoms with Crippen LogP contribution in [0.1, 0.15) is 42.5 Å². The maximum absolute atomic E-state index is 12.3. The van der Waals surface area contributed by atoms with Crippen molar-refractivity contribution in [2.24, 2.45) is 0 Å². The molecule has 2 amide bonds. The minimum absolute atomic E-state index is 0.00127. The Balaban J connectivity index is 1.72. The van der Waals surface area contributed by atoms with E-state index in [4.69, 9.17) is 4.74 Å². The highest BCUT2D eigenvalue weighted by Crippen LogP contribution is 2.44. The lowest BCUT2D eigenvalue weighted by atomic mass is 9.73. The fourth-order valence-corrected chi connectivity index (χ4v) is 5.18. The molecule has 6 nitrogen and oxygen atoms in total. The van der Waals surface area contributed by atoms with E-state index in [1.165, 1.54) is 27.7 Å². The fraction of sp³-hybridized carbons (Fsp3) is 0.591. The Morgan fingerprint density at radius 1 is 1.39 bits per heavy atom. The second kappa shape index (κ2) is 7.76. The van der Waals surface area contributed by atoms with E-state index >= 15 is 0 Å². The number of piperidine rings is 1. The summed E-state index contributed by atoms with van der Waals surface area (Å²) in [6.07, 6.45) is 3.16. The first-order chi connectivity index (χ1) is 13.5. The highest BCUT2D eigenvalue weighted by atomic mass is 16.5. The first-order valence-corrected chi connectivity index (χ1v) is 10.4. The third-order valence-corrected chi connectivity index (χ3v) is 6.32. The van der Waals surface area contributed by atoms with Gasteiger partial charge in [0, 0.05) is 62.3 Å². The van der Waals surface area contributed by atoms with E-state index < -0.39 is 0 Å². The topological polar surface area (TPSA) is 60.6 Å². The Bertz CT molecular complexity index is 860. The third-order valence-electron chi connectivity index (χ3n) is 6.32. The molecule has 0 unspecified atom stereocenters. The molecule has 2 aliphatic rings. The van der Waals surface area contributed by atoms with Crippen LogP contribution < -0.4 is 5.32 Å². The minimum Gasteiger partial charge on any atom is -0.378 e. The van der Waals surface area contributed by atoms with Crippen molar-refractivity contribution in [3.8, 4) is 0 Å². The number of hydrogen-bond acceptors (Lipinski definition) is 3. The van der Waals surface area contributed by atoms with Crippen LogP contribution in [-0.2, 0) is 17.8 Å². The monoisotopic (exact) mass is 384 g/mol. The highest BCUT2D eigenvalue weighted by molar-refractivity contribution is 5.89. The fourth-order valence-electron chi connectivity index (χ4n) is 5.18. The number of amides is 2. The molecule has 6 heteroatoms. The molecule has 2 N–H and O–H groups in total. The molecule has 2 aromatic rings. The molecule has 4 rings (SSSR count). The average molecular weight is 385 g/mol. The van der Waals surface area contributed by atoms with Crippen LogP contribution in [0.2, 0.25) is 0 Å². The van der Waals surface area contributed by atoms with Crippen LogP contribution in [0.25, 0.3) is 10.9 Å². The Morgan fingerprint density at radius 2 is 2.21 bits per heavy atom. The summed E-state index contributed by atoms with van der Waals surface area (Å²) in [5.74, 6) is 0.440. The zero-order valence-corrected chi connectivity index (χ0v) is 17.4. The van der Waals surface area contributed by atoms with Gasteiger partial charge in [-0.25, -0.2) is 4.79 Å². The molecule has 1 saturated heterocycles. The number of urea groups is 1. The van der Waals surface area contributed by atoms with Crippen LogP contribution >= 0.6 is 0 Å². The van der Waals surface area contributed by atoms with Gasteiger partial charge in [-0.05, 0) is 43.0 Å². The van der Waals surface area contributed by atoms with Crippen molar-refractivity contribution in [2.45, 2.75) is 50.8 Å². The molecule has 152 valence electrons. The van der Waals surface area contributed by atoms with Crippen molar-refractivity contribution in [2.75, 3.05) is 34.3 Å². The summed E-state index contributed by atoms with van der Waals surface area (Å²) in [6.45, 7) is 4.84. The van der Waals surface area contributed by atoms with Crippen LogP contribution in [-0.4, -0.2) is 67.2 Å². The molecule has 1 aliphatic carbocycles. The number of hydrogen-bond donors (Lipinski definition) is 2. The number of carbonyl (C=O) groups excluding carboxylic acids is 1. The van der Waals surface area contributed by atoms with Crippen LogP contribution in [0.3, 0.4) is 0 Å². The standard InChI is InChI=1S/C22H32N4O2/c1-5-9-26-12-14(23-22(27)25(2)3)10-16-15-7-6-8-18-21(15)17(11-20(16)26)19(24-18)13-28-4/h6-8,14,16,20,24H,5,9-13H2,1-4H3,(H,23,27)/t14-,16+,20+/m0/s1. The van der Waals surface area contributed by atoms with E-state index in [-0.39, 0.29) is 12.1 Å². The zero-order valence-electron chi connectivity index (χ0n) is 17.4. The molecule has 0 spiro atoms. The van der Waals surface area contributed by atoms with Crippen molar-refractivity contribution in [1.29, 1.82) is 0 Å². The van der Waals surface area contributed by atoms with Gasteiger partial charge in [0.15, 0.2) is 0 Å². The first-order valence-electron chi connectivity index (χ1n) is 10.4. The molecule has 1 aromatic heterocycles. The van der Waals surface area contributed by atoms with Crippen LogP contribution in [0, 0.1) is 0 Å². The molecule has 0 bridgehead atoms. The van der Waals surface area contributed by atoms with Crippen LogP contribution in [0.4, 0.5) is 4.79 Å². The van der Waals surface area contributed by atoms with Crippen molar-refractivity contribution in [3.05, 3.63) is 35.0 Å². The minimum atomic E-state index is -0.00127. The Kier molecular flexibility index (Phi) is 5.34. The van der Waals surface area contributed by atoms with E-state index in [2.05, 4.69) is 40.3 Å². The van der Waals surface area contributed by atoms with Gasteiger partial charge in [-0.3, -0.25) is 4.90 Å². The van der Waals surface area contributed by atoms with Gasteiger partial charge in [-0.2, -0.15) is 0 Å². The van der Waals surface area contributed by atoms with Gasteiger partial charge in [0.25, 0.3) is 0 Å². The maximum Gasteiger partial charge on any atom is 0.317 e. The predicted molar refractivity (Wildman–Crippen MR) is 112 cm³/mol. The van der Waals surface area contributed by atoms with Gasteiger partial charge in [0.1, 0.15) is 0 Å². The Labute approximate surface area is 167 Å².